The molecule has 0 spiro atoms. The predicted octanol–water partition coefficient (Wildman–Crippen LogP) is 2.56. The van der Waals surface area contributed by atoms with Crippen LogP contribution in [0.25, 0.3) is 5.65 Å². The van der Waals surface area contributed by atoms with E-state index in [0.29, 0.717) is 36.9 Å². The van der Waals surface area contributed by atoms with Crippen molar-refractivity contribution >= 4 is 17.3 Å². The molecule has 0 atom stereocenters. The van der Waals surface area contributed by atoms with E-state index in [9.17, 15) is 13.2 Å². The van der Waals surface area contributed by atoms with Gasteiger partial charge in [0.1, 0.15) is 17.3 Å². The maximum absolute atomic E-state index is 12.9. The summed E-state index contributed by atoms with van der Waals surface area (Å²) in [6, 6.07) is 7.77. The van der Waals surface area contributed by atoms with E-state index in [-0.39, 0.29) is 0 Å². The summed E-state index contributed by atoms with van der Waals surface area (Å²) in [5, 5.41) is 12.6. The Morgan fingerprint density at radius 2 is 1.63 bits per heavy atom. The number of fused-ring (bicyclic) bond motifs is 1. The Morgan fingerprint density at radius 3 is 2.37 bits per heavy atom. The molecule has 1 aliphatic rings. The predicted molar refractivity (Wildman–Crippen MR) is 93.8 cm³/mol. The highest BCUT2D eigenvalue weighted by Gasteiger charge is 2.33. The van der Waals surface area contributed by atoms with E-state index in [1.807, 2.05) is 24.0 Å². The van der Waals surface area contributed by atoms with Crippen molar-refractivity contribution in [3.63, 3.8) is 0 Å². The maximum atomic E-state index is 12.9. The van der Waals surface area contributed by atoms with Crippen molar-refractivity contribution in [2.45, 2.75) is 19.5 Å². The quantitative estimate of drug-likeness (QED) is 0.684. The van der Waals surface area contributed by atoms with Crippen molar-refractivity contribution in [2.24, 2.45) is 0 Å². The maximum Gasteiger partial charge on any atom is 0.433 e. The molecular weight excluding hydrogens is 359 g/mol. The standard InChI is InChI=1S/C17H18F3N7/c1-12-22-23-15-6-7-16(24-27(12)15)26-9-3-8-25(10-11-26)14-5-2-4-13(21-14)17(18,19)20/h2,4-7H,3,8-11H2,1H3. The molecule has 0 aliphatic carbocycles. The second-order valence-corrected chi connectivity index (χ2v) is 6.42. The molecule has 0 aromatic carbocycles. The van der Waals surface area contributed by atoms with Crippen LogP contribution in [0.5, 0.6) is 0 Å². The van der Waals surface area contributed by atoms with Crippen molar-refractivity contribution in [1.82, 2.24) is 24.8 Å². The van der Waals surface area contributed by atoms with E-state index < -0.39 is 11.9 Å². The Balaban J connectivity index is 1.52. The zero-order chi connectivity index (χ0) is 19.0. The van der Waals surface area contributed by atoms with Gasteiger partial charge in [-0.15, -0.1) is 15.3 Å². The molecule has 0 saturated carbocycles. The lowest BCUT2D eigenvalue weighted by Gasteiger charge is -2.23. The number of pyridine rings is 1. The molecule has 1 fully saturated rings. The fourth-order valence-electron chi connectivity index (χ4n) is 3.19. The molecule has 142 valence electrons. The van der Waals surface area contributed by atoms with Crippen molar-refractivity contribution in [1.29, 1.82) is 0 Å². The van der Waals surface area contributed by atoms with Crippen LogP contribution >= 0.6 is 0 Å². The molecule has 27 heavy (non-hydrogen) atoms. The molecule has 1 saturated heterocycles. The second-order valence-electron chi connectivity index (χ2n) is 6.42. The average Bonchev–Trinajstić information content (AvgIpc) is 2.87. The molecule has 0 radical (unpaired) electrons. The third-order valence-corrected chi connectivity index (χ3v) is 4.57. The molecule has 1 aliphatic heterocycles. The number of alkyl halides is 3. The van der Waals surface area contributed by atoms with E-state index in [2.05, 4.69) is 25.2 Å². The van der Waals surface area contributed by atoms with Gasteiger partial charge in [0.05, 0.1) is 0 Å². The molecular formula is C17H18F3N7. The summed E-state index contributed by atoms with van der Waals surface area (Å²) >= 11 is 0. The van der Waals surface area contributed by atoms with Crippen LogP contribution in [0.2, 0.25) is 0 Å². The van der Waals surface area contributed by atoms with Crippen LogP contribution in [0.3, 0.4) is 0 Å². The zero-order valence-electron chi connectivity index (χ0n) is 14.7. The molecule has 4 rings (SSSR count). The number of anilines is 2. The van der Waals surface area contributed by atoms with Gasteiger partial charge in [0.15, 0.2) is 11.5 Å². The first-order chi connectivity index (χ1) is 12.9. The molecule has 0 N–H and O–H groups in total. The van der Waals surface area contributed by atoms with Crippen LogP contribution in [0.15, 0.2) is 30.3 Å². The van der Waals surface area contributed by atoms with Gasteiger partial charge < -0.3 is 9.80 Å². The lowest BCUT2D eigenvalue weighted by Crippen LogP contribution is -2.32. The number of hydrogen-bond acceptors (Lipinski definition) is 6. The summed E-state index contributed by atoms with van der Waals surface area (Å²) in [5.74, 6) is 1.85. The van der Waals surface area contributed by atoms with E-state index >= 15 is 0 Å². The van der Waals surface area contributed by atoms with E-state index in [0.717, 1.165) is 24.8 Å². The SMILES string of the molecule is Cc1nnc2ccc(N3CCCN(c4cccc(C(F)(F)F)n4)CC3)nn12. The third-order valence-electron chi connectivity index (χ3n) is 4.57. The van der Waals surface area contributed by atoms with Gasteiger partial charge in [-0.1, -0.05) is 6.07 Å². The smallest absolute Gasteiger partial charge is 0.355 e. The zero-order valence-corrected chi connectivity index (χ0v) is 14.7. The van der Waals surface area contributed by atoms with Gasteiger partial charge in [0.2, 0.25) is 0 Å². The average molecular weight is 377 g/mol. The van der Waals surface area contributed by atoms with Gasteiger partial charge in [-0.05, 0) is 37.6 Å². The van der Waals surface area contributed by atoms with Gasteiger partial charge >= 0.3 is 6.18 Å². The minimum absolute atomic E-state index is 0.352. The number of rotatable bonds is 2. The Labute approximate surface area is 153 Å². The summed E-state index contributed by atoms with van der Waals surface area (Å²) in [4.78, 5) is 7.80. The fraction of sp³-hybridized carbons (Fsp3) is 0.412. The third kappa shape index (κ3) is 3.51. The molecule has 0 amide bonds. The van der Waals surface area contributed by atoms with Gasteiger partial charge in [0, 0.05) is 26.2 Å². The number of hydrogen-bond donors (Lipinski definition) is 0. The van der Waals surface area contributed by atoms with Crippen LogP contribution in [0.4, 0.5) is 24.8 Å². The van der Waals surface area contributed by atoms with Crippen molar-refractivity contribution in [2.75, 3.05) is 36.0 Å². The van der Waals surface area contributed by atoms with Crippen molar-refractivity contribution in [3.8, 4) is 0 Å². The highest BCUT2D eigenvalue weighted by Crippen LogP contribution is 2.29. The highest BCUT2D eigenvalue weighted by molar-refractivity contribution is 5.47. The lowest BCUT2D eigenvalue weighted by molar-refractivity contribution is -0.141. The molecule has 4 heterocycles. The van der Waals surface area contributed by atoms with E-state index in [4.69, 9.17) is 0 Å². The molecule has 10 heteroatoms. The monoisotopic (exact) mass is 377 g/mol. The first-order valence-corrected chi connectivity index (χ1v) is 8.65. The van der Waals surface area contributed by atoms with Crippen LogP contribution in [-0.4, -0.2) is 51.0 Å². The molecule has 3 aromatic rings. The van der Waals surface area contributed by atoms with Gasteiger partial charge in [-0.3, -0.25) is 0 Å². The summed E-state index contributed by atoms with van der Waals surface area (Å²) in [6.07, 6.45) is -3.65. The topological polar surface area (TPSA) is 62.5 Å². The Kier molecular flexibility index (Phi) is 4.33. The first-order valence-electron chi connectivity index (χ1n) is 8.65. The number of aryl methyl sites for hydroxylation is 1. The largest absolute Gasteiger partial charge is 0.433 e. The van der Waals surface area contributed by atoms with Crippen molar-refractivity contribution in [3.05, 3.63) is 41.9 Å². The minimum Gasteiger partial charge on any atom is -0.355 e. The number of nitrogens with zero attached hydrogens (tertiary/aromatic N) is 7. The van der Waals surface area contributed by atoms with Gasteiger partial charge in [0.25, 0.3) is 0 Å². The van der Waals surface area contributed by atoms with Crippen LogP contribution in [0.1, 0.15) is 17.9 Å². The van der Waals surface area contributed by atoms with Crippen LogP contribution in [0, 0.1) is 6.92 Å². The Bertz CT molecular complexity index is 953. The minimum atomic E-state index is -4.44. The van der Waals surface area contributed by atoms with Gasteiger partial charge in [-0.25, -0.2) is 4.98 Å². The lowest BCUT2D eigenvalue weighted by atomic mass is 10.3. The number of aromatic nitrogens is 5. The van der Waals surface area contributed by atoms with Crippen LogP contribution in [-0.2, 0) is 6.18 Å². The molecule has 3 aromatic heterocycles. The van der Waals surface area contributed by atoms with Crippen molar-refractivity contribution < 1.29 is 13.2 Å². The summed E-state index contributed by atoms with van der Waals surface area (Å²) in [5.41, 5.74) is -0.183. The normalized spacial score (nSPS) is 16.0. The molecule has 0 unspecified atom stereocenters. The first kappa shape index (κ1) is 17.5. The summed E-state index contributed by atoms with van der Waals surface area (Å²) < 4.78 is 40.5. The van der Waals surface area contributed by atoms with Gasteiger partial charge in [-0.2, -0.15) is 17.7 Å². The molecule has 7 nitrogen and oxygen atoms in total. The summed E-state index contributed by atoms with van der Waals surface area (Å²) in [7, 11) is 0. The Hall–Kier alpha value is -2.91. The summed E-state index contributed by atoms with van der Waals surface area (Å²) in [6.45, 7) is 4.43. The fourth-order valence-corrected chi connectivity index (χ4v) is 3.19. The Morgan fingerprint density at radius 1 is 0.889 bits per heavy atom. The van der Waals surface area contributed by atoms with Crippen LogP contribution < -0.4 is 9.80 Å². The highest BCUT2D eigenvalue weighted by atomic mass is 19.4. The molecule has 0 bridgehead atoms. The number of halogens is 3. The van der Waals surface area contributed by atoms with E-state index in [1.165, 1.54) is 6.07 Å². The van der Waals surface area contributed by atoms with E-state index in [1.54, 1.807) is 10.6 Å². The second kappa shape index (κ2) is 6.67.